The van der Waals surface area contributed by atoms with Crippen LogP contribution in [-0.4, -0.2) is 50.3 Å². The second kappa shape index (κ2) is 8.06. The number of rotatable bonds is 10. The average Bonchev–Trinajstić information content (AvgIpc) is 3.14. The topological polar surface area (TPSA) is 24.5 Å². The third-order valence-corrected chi connectivity index (χ3v) is 3.77. The third-order valence-electron chi connectivity index (χ3n) is 3.77. The van der Waals surface area contributed by atoms with Crippen molar-refractivity contribution in [3.63, 3.8) is 0 Å². The van der Waals surface area contributed by atoms with Crippen molar-refractivity contribution >= 4 is 0 Å². The van der Waals surface area contributed by atoms with Gasteiger partial charge in [0, 0.05) is 25.2 Å². The van der Waals surface area contributed by atoms with Crippen LogP contribution in [0.3, 0.4) is 0 Å². The molecule has 0 aliphatic heterocycles. The SMILES string of the molecule is CCCNC(C)C(C)N(C)CCOCC1CC1. The highest BCUT2D eigenvalue weighted by molar-refractivity contribution is 4.76. The fourth-order valence-electron chi connectivity index (χ4n) is 1.87. The van der Waals surface area contributed by atoms with Crippen LogP contribution in [0.2, 0.25) is 0 Å². The molecule has 102 valence electrons. The van der Waals surface area contributed by atoms with E-state index in [9.17, 15) is 0 Å². The molecule has 0 spiro atoms. The van der Waals surface area contributed by atoms with Crippen molar-refractivity contribution in [2.24, 2.45) is 5.92 Å². The molecule has 0 aromatic heterocycles. The van der Waals surface area contributed by atoms with Crippen LogP contribution < -0.4 is 5.32 Å². The van der Waals surface area contributed by atoms with Crippen molar-refractivity contribution in [3.8, 4) is 0 Å². The maximum Gasteiger partial charge on any atom is 0.0593 e. The lowest BCUT2D eigenvalue weighted by Crippen LogP contribution is -2.46. The number of nitrogens with zero attached hydrogens (tertiary/aromatic N) is 1. The molecule has 2 unspecified atom stereocenters. The van der Waals surface area contributed by atoms with E-state index in [1.165, 1.54) is 19.3 Å². The highest BCUT2D eigenvalue weighted by Gasteiger charge is 2.21. The number of likely N-dealkylation sites (N-methyl/N-ethyl adjacent to an activating group) is 1. The molecule has 0 heterocycles. The summed E-state index contributed by atoms with van der Waals surface area (Å²) >= 11 is 0. The van der Waals surface area contributed by atoms with Crippen molar-refractivity contribution < 1.29 is 4.74 Å². The summed E-state index contributed by atoms with van der Waals surface area (Å²) in [5, 5.41) is 3.55. The van der Waals surface area contributed by atoms with Gasteiger partial charge in [0.05, 0.1) is 6.61 Å². The summed E-state index contributed by atoms with van der Waals surface area (Å²) in [6.45, 7) is 10.8. The number of nitrogens with one attached hydrogen (secondary N) is 1. The molecule has 1 rings (SSSR count). The summed E-state index contributed by atoms with van der Waals surface area (Å²) in [6.07, 6.45) is 3.96. The van der Waals surface area contributed by atoms with Gasteiger partial charge in [0.25, 0.3) is 0 Å². The Morgan fingerprint density at radius 3 is 2.65 bits per heavy atom. The zero-order valence-electron chi connectivity index (χ0n) is 12.0. The highest BCUT2D eigenvalue weighted by atomic mass is 16.5. The molecule has 1 fully saturated rings. The van der Waals surface area contributed by atoms with Crippen LogP contribution in [0.25, 0.3) is 0 Å². The number of hydrogen-bond donors (Lipinski definition) is 1. The lowest BCUT2D eigenvalue weighted by atomic mass is 10.1. The summed E-state index contributed by atoms with van der Waals surface area (Å²) in [6, 6.07) is 1.11. The van der Waals surface area contributed by atoms with Crippen LogP contribution in [0.15, 0.2) is 0 Å². The first-order valence-corrected chi connectivity index (χ1v) is 7.16. The average molecular weight is 242 g/mol. The molecule has 17 heavy (non-hydrogen) atoms. The van der Waals surface area contributed by atoms with Crippen LogP contribution in [0.1, 0.15) is 40.0 Å². The molecule has 0 saturated heterocycles. The van der Waals surface area contributed by atoms with Gasteiger partial charge in [0.2, 0.25) is 0 Å². The Morgan fingerprint density at radius 1 is 1.35 bits per heavy atom. The van der Waals surface area contributed by atoms with Gasteiger partial charge in [-0.25, -0.2) is 0 Å². The van der Waals surface area contributed by atoms with Gasteiger partial charge in [-0.2, -0.15) is 0 Å². The standard InChI is InChI=1S/C14H30N2O/c1-5-8-15-12(2)13(3)16(4)9-10-17-11-14-6-7-14/h12-15H,5-11H2,1-4H3. The molecule has 0 amide bonds. The smallest absolute Gasteiger partial charge is 0.0593 e. The number of hydrogen-bond acceptors (Lipinski definition) is 3. The molecule has 1 N–H and O–H groups in total. The molecule has 1 aliphatic carbocycles. The van der Waals surface area contributed by atoms with Gasteiger partial charge in [0.15, 0.2) is 0 Å². The van der Waals surface area contributed by atoms with Crippen molar-refractivity contribution in [3.05, 3.63) is 0 Å². The van der Waals surface area contributed by atoms with Crippen molar-refractivity contribution in [2.45, 2.75) is 52.1 Å². The van der Waals surface area contributed by atoms with Crippen molar-refractivity contribution in [1.82, 2.24) is 10.2 Å². The van der Waals surface area contributed by atoms with E-state index in [0.29, 0.717) is 12.1 Å². The Balaban J connectivity index is 2.04. The molecular weight excluding hydrogens is 212 g/mol. The normalized spacial score (nSPS) is 19.6. The minimum atomic E-state index is 0.545. The lowest BCUT2D eigenvalue weighted by Gasteiger charge is -2.30. The summed E-state index contributed by atoms with van der Waals surface area (Å²) in [5.74, 6) is 0.878. The lowest BCUT2D eigenvalue weighted by molar-refractivity contribution is 0.0883. The van der Waals surface area contributed by atoms with Gasteiger partial charge in [-0.05, 0) is 52.6 Å². The van der Waals surface area contributed by atoms with E-state index in [-0.39, 0.29) is 0 Å². The first-order valence-electron chi connectivity index (χ1n) is 7.16. The molecule has 2 atom stereocenters. The molecule has 0 bridgehead atoms. The van der Waals surface area contributed by atoms with Gasteiger partial charge in [-0.1, -0.05) is 6.92 Å². The second-order valence-corrected chi connectivity index (χ2v) is 5.48. The molecular formula is C14H30N2O. The molecule has 3 heteroatoms. The molecule has 3 nitrogen and oxygen atoms in total. The zero-order valence-corrected chi connectivity index (χ0v) is 12.0. The summed E-state index contributed by atoms with van der Waals surface area (Å²) in [5.41, 5.74) is 0. The first-order chi connectivity index (χ1) is 8.15. The molecule has 1 saturated carbocycles. The molecule has 0 aromatic rings. The van der Waals surface area contributed by atoms with Gasteiger partial charge in [-0.3, -0.25) is 4.90 Å². The zero-order chi connectivity index (χ0) is 12.7. The van der Waals surface area contributed by atoms with E-state index < -0.39 is 0 Å². The number of ether oxygens (including phenoxy) is 1. The van der Waals surface area contributed by atoms with E-state index in [4.69, 9.17) is 4.74 Å². The highest BCUT2D eigenvalue weighted by Crippen LogP contribution is 2.28. The third kappa shape index (κ3) is 6.39. The Labute approximate surface area is 107 Å². The van der Waals surface area contributed by atoms with E-state index >= 15 is 0 Å². The summed E-state index contributed by atoms with van der Waals surface area (Å²) in [7, 11) is 2.19. The minimum Gasteiger partial charge on any atom is -0.380 e. The predicted octanol–water partition coefficient (Wildman–Crippen LogP) is 2.12. The van der Waals surface area contributed by atoms with Crippen molar-refractivity contribution in [1.29, 1.82) is 0 Å². The predicted molar refractivity (Wildman–Crippen MR) is 73.4 cm³/mol. The van der Waals surface area contributed by atoms with E-state index in [1.54, 1.807) is 0 Å². The minimum absolute atomic E-state index is 0.545. The molecule has 0 radical (unpaired) electrons. The van der Waals surface area contributed by atoms with Crippen LogP contribution in [-0.2, 0) is 4.74 Å². The Kier molecular flexibility index (Phi) is 7.09. The van der Waals surface area contributed by atoms with Crippen LogP contribution in [0.5, 0.6) is 0 Å². The Morgan fingerprint density at radius 2 is 2.06 bits per heavy atom. The van der Waals surface area contributed by atoms with E-state index in [2.05, 4.69) is 38.0 Å². The fourth-order valence-corrected chi connectivity index (χ4v) is 1.87. The Bertz CT molecular complexity index is 195. The fraction of sp³-hybridized carbons (Fsp3) is 1.00. The van der Waals surface area contributed by atoms with Crippen LogP contribution in [0, 0.1) is 5.92 Å². The maximum absolute atomic E-state index is 5.68. The molecule has 1 aliphatic rings. The van der Waals surface area contributed by atoms with Gasteiger partial charge >= 0.3 is 0 Å². The Hall–Kier alpha value is -0.120. The maximum atomic E-state index is 5.68. The van der Waals surface area contributed by atoms with Crippen LogP contribution >= 0.6 is 0 Å². The van der Waals surface area contributed by atoms with Gasteiger partial charge < -0.3 is 10.1 Å². The largest absolute Gasteiger partial charge is 0.380 e. The van der Waals surface area contributed by atoms with E-state index in [0.717, 1.165) is 32.2 Å². The quantitative estimate of drug-likeness (QED) is 0.594. The van der Waals surface area contributed by atoms with E-state index in [1.807, 2.05) is 0 Å². The summed E-state index contributed by atoms with van der Waals surface area (Å²) in [4.78, 5) is 2.39. The van der Waals surface area contributed by atoms with Crippen LogP contribution in [0.4, 0.5) is 0 Å². The van der Waals surface area contributed by atoms with Crippen molar-refractivity contribution in [2.75, 3.05) is 33.4 Å². The summed E-state index contributed by atoms with van der Waals surface area (Å²) < 4.78 is 5.68. The second-order valence-electron chi connectivity index (χ2n) is 5.48. The monoisotopic (exact) mass is 242 g/mol. The van der Waals surface area contributed by atoms with Gasteiger partial charge in [0.1, 0.15) is 0 Å². The molecule has 0 aromatic carbocycles. The first kappa shape index (κ1) is 14.9. The van der Waals surface area contributed by atoms with Gasteiger partial charge in [-0.15, -0.1) is 0 Å².